The van der Waals surface area contributed by atoms with Crippen molar-refractivity contribution in [3.05, 3.63) is 46.9 Å². The molecule has 0 saturated carbocycles. The zero-order valence-electron chi connectivity index (χ0n) is 17.1. The molecule has 0 unspecified atom stereocenters. The van der Waals surface area contributed by atoms with Crippen molar-refractivity contribution in [2.45, 2.75) is 58.0 Å². The summed E-state index contributed by atoms with van der Waals surface area (Å²) >= 11 is 1.45. The molecule has 150 valence electrons. The van der Waals surface area contributed by atoms with E-state index in [0.29, 0.717) is 29.2 Å². The Kier molecular flexibility index (Phi) is 7.99. The number of thioether (sulfide) groups is 1. The summed E-state index contributed by atoms with van der Waals surface area (Å²) in [5, 5.41) is 6.50. The standard InChI is InChI=1S/C21H28N4O2S/c1-6-8-17(26)24-16-10-7-9-15(11-16)12-22-20(27)18-14(4)23-19(13(2)3)25-21(18)28-5/h7,9-11,13H,6,8,12H2,1-5H3,(H,22,27)(H,24,26). The van der Waals surface area contributed by atoms with Gasteiger partial charge in [-0.1, -0.05) is 32.9 Å². The SMILES string of the molecule is CCCC(=O)Nc1cccc(CNC(=O)c2c(C)nc(C(C)C)nc2SC)c1. The molecule has 1 aromatic carbocycles. The van der Waals surface area contributed by atoms with Crippen LogP contribution in [0.15, 0.2) is 29.3 Å². The number of anilines is 1. The maximum absolute atomic E-state index is 12.8. The van der Waals surface area contributed by atoms with Crippen molar-refractivity contribution in [3.63, 3.8) is 0 Å². The third-order valence-electron chi connectivity index (χ3n) is 4.15. The van der Waals surface area contributed by atoms with Crippen LogP contribution in [-0.2, 0) is 11.3 Å². The molecular formula is C21H28N4O2S. The van der Waals surface area contributed by atoms with Gasteiger partial charge in [-0.15, -0.1) is 11.8 Å². The van der Waals surface area contributed by atoms with Crippen LogP contribution in [0.4, 0.5) is 5.69 Å². The first-order valence-corrected chi connectivity index (χ1v) is 10.7. The van der Waals surface area contributed by atoms with Gasteiger partial charge in [-0.25, -0.2) is 9.97 Å². The second-order valence-corrected chi connectivity index (χ2v) is 7.68. The van der Waals surface area contributed by atoms with Gasteiger partial charge < -0.3 is 10.6 Å². The van der Waals surface area contributed by atoms with E-state index < -0.39 is 0 Å². The van der Waals surface area contributed by atoms with Crippen molar-refractivity contribution in [2.24, 2.45) is 0 Å². The van der Waals surface area contributed by atoms with Crippen molar-refractivity contribution >= 4 is 29.3 Å². The zero-order valence-corrected chi connectivity index (χ0v) is 17.9. The van der Waals surface area contributed by atoms with Crippen LogP contribution < -0.4 is 10.6 Å². The van der Waals surface area contributed by atoms with Gasteiger partial charge in [0.15, 0.2) is 0 Å². The normalized spacial score (nSPS) is 10.8. The Hall–Kier alpha value is -2.41. The molecular weight excluding hydrogens is 372 g/mol. The van der Waals surface area contributed by atoms with Crippen molar-refractivity contribution in [1.29, 1.82) is 0 Å². The smallest absolute Gasteiger partial charge is 0.256 e. The summed E-state index contributed by atoms with van der Waals surface area (Å²) in [7, 11) is 0. The van der Waals surface area contributed by atoms with Crippen LogP contribution in [0, 0.1) is 6.92 Å². The predicted molar refractivity (Wildman–Crippen MR) is 114 cm³/mol. The van der Waals surface area contributed by atoms with Gasteiger partial charge in [-0.05, 0) is 37.3 Å². The largest absolute Gasteiger partial charge is 0.348 e. The van der Waals surface area contributed by atoms with Crippen LogP contribution in [0.2, 0.25) is 0 Å². The summed E-state index contributed by atoms with van der Waals surface area (Å²) in [6.07, 6.45) is 3.20. The molecule has 0 saturated heterocycles. The molecule has 28 heavy (non-hydrogen) atoms. The van der Waals surface area contributed by atoms with Crippen LogP contribution >= 0.6 is 11.8 Å². The van der Waals surface area contributed by atoms with Crippen LogP contribution in [0.25, 0.3) is 0 Å². The van der Waals surface area contributed by atoms with E-state index in [1.54, 1.807) is 0 Å². The Labute approximate surface area is 170 Å². The molecule has 2 aromatic rings. The topological polar surface area (TPSA) is 84.0 Å². The van der Waals surface area contributed by atoms with Crippen molar-refractivity contribution < 1.29 is 9.59 Å². The van der Waals surface area contributed by atoms with Gasteiger partial charge in [0.1, 0.15) is 10.9 Å². The molecule has 0 atom stereocenters. The number of hydrogen-bond donors (Lipinski definition) is 2. The molecule has 7 heteroatoms. The molecule has 0 fully saturated rings. The van der Waals surface area contributed by atoms with E-state index in [1.165, 1.54) is 11.8 Å². The second-order valence-electron chi connectivity index (χ2n) is 6.89. The lowest BCUT2D eigenvalue weighted by Gasteiger charge is -2.14. The summed E-state index contributed by atoms with van der Waals surface area (Å²) in [5.41, 5.74) is 2.84. The van der Waals surface area contributed by atoms with Crippen LogP contribution in [0.3, 0.4) is 0 Å². The molecule has 2 N–H and O–H groups in total. The highest BCUT2D eigenvalue weighted by Crippen LogP contribution is 2.23. The Balaban J connectivity index is 2.11. The predicted octanol–water partition coefficient (Wildman–Crippen LogP) is 4.30. The number of hydrogen-bond acceptors (Lipinski definition) is 5. The monoisotopic (exact) mass is 400 g/mol. The molecule has 0 aliphatic rings. The van der Waals surface area contributed by atoms with Crippen LogP contribution in [0.1, 0.15) is 67.0 Å². The number of amides is 2. The number of benzene rings is 1. The van der Waals surface area contributed by atoms with Gasteiger partial charge in [0.25, 0.3) is 5.91 Å². The van der Waals surface area contributed by atoms with Gasteiger partial charge >= 0.3 is 0 Å². The first-order chi connectivity index (χ1) is 13.3. The van der Waals surface area contributed by atoms with Gasteiger partial charge in [-0.2, -0.15) is 0 Å². The number of nitrogens with zero attached hydrogens (tertiary/aromatic N) is 2. The summed E-state index contributed by atoms with van der Waals surface area (Å²) in [4.78, 5) is 33.6. The molecule has 1 aromatic heterocycles. The average Bonchev–Trinajstić information content (AvgIpc) is 2.65. The van der Waals surface area contributed by atoms with E-state index in [1.807, 2.05) is 58.2 Å². The molecule has 0 bridgehead atoms. The van der Waals surface area contributed by atoms with Gasteiger partial charge in [0.2, 0.25) is 5.91 Å². The lowest BCUT2D eigenvalue weighted by Crippen LogP contribution is -2.25. The molecule has 0 radical (unpaired) electrons. The number of carbonyl (C=O) groups is 2. The maximum atomic E-state index is 12.8. The first kappa shape index (κ1) is 21.9. The Morgan fingerprint density at radius 1 is 1.21 bits per heavy atom. The van der Waals surface area contributed by atoms with Crippen LogP contribution in [0.5, 0.6) is 0 Å². The molecule has 0 spiro atoms. The van der Waals surface area contributed by atoms with E-state index in [4.69, 9.17) is 0 Å². The number of carbonyl (C=O) groups excluding carboxylic acids is 2. The lowest BCUT2D eigenvalue weighted by atomic mass is 10.1. The third kappa shape index (κ3) is 5.79. The van der Waals surface area contributed by atoms with Crippen molar-refractivity contribution in [1.82, 2.24) is 15.3 Å². The number of aryl methyl sites for hydroxylation is 1. The summed E-state index contributed by atoms with van der Waals surface area (Å²) < 4.78 is 0. The average molecular weight is 401 g/mol. The zero-order chi connectivity index (χ0) is 20.7. The van der Waals surface area contributed by atoms with E-state index in [-0.39, 0.29) is 17.7 Å². The van der Waals surface area contributed by atoms with Gasteiger partial charge in [0, 0.05) is 24.6 Å². The van der Waals surface area contributed by atoms with Gasteiger partial charge in [-0.3, -0.25) is 9.59 Å². The molecule has 2 rings (SSSR count). The highest BCUT2D eigenvalue weighted by atomic mass is 32.2. The minimum atomic E-state index is -0.197. The molecule has 6 nitrogen and oxygen atoms in total. The molecule has 2 amide bonds. The molecule has 1 heterocycles. The third-order valence-corrected chi connectivity index (χ3v) is 4.83. The lowest BCUT2D eigenvalue weighted by molar-refractivity contribution is -0.116. The Bertz CT molecular complexity index is 852. The summed E-state index contributed by atoms with van der Waals surface area (Å²) in [6.45, 7) is 8.23. The fraction of sp³-hybridized carbons (Fsp3) is 0.429. The minimum absolute atomic E-state index is 0.00804. The van der Waals surface area contributed by atoms with E-state index in [9.17, 15) is 9.59 Å². The van der Waals surface area contributed by atoms with E-state index >= 15 is 0 Å². The van der Waals surface area contributed by atoms with Gasteiger partial charge in [0.05, 0.1) is 11.3 Å². The second kappa shape index (κ2) is 10.2. The summed E-state index contributed by atoms with van der Waals surface area (Å²) in [6, 6.07) is 7.49. The molecule has 0 aliphatic heterocycles. The van der Waals surface area contributed by atoms with Crippen LogP contribution in [-0.4, -0.2) is 28.0 Å². The number of nitrogens with one attached hydrogen (secondary N) is 2. The highest BCUT2D eigenvalue weighted by molar-refractivity contribution is 7.98. The Morgan fingerprint density at radius 3 is 2.61 bits per heavy atom. The van der Waals surface area contributed by atoms with E-state index in [0.717, 1.165) is 23.5 Å². The molecule has 0 aliphatic carbocycles. The maximum Gasteiger partial charge on any atom is 0.256 e. The highest BCUT2D eigenvalue weighted by Gasteiger charge is 2.19. The summed E-state index contributed by atoms with van der Waals surface area (Å²) in [5.74, 6) is 0.741. The van der Waals surface area contributed by atoms with E-state index in [2.05, 4.69) is 20.6 Å². The number of aromatic nitrogens is 2. The number of rotatable bonds is 8. The quantitative estimate of drug-likeness (QED) is 0.510. The fourth-order valence-corrected chi connectivity index (χ4v) is 3.34. The Morgan fingerprint density at radius 2 is 1.96 bits per heavy atom. The van der Waals surface area contributed by atoms with Crippen molar-refractivity contribution in [3.8, 4) is 0 Å². The van der Waals surface area contributed by atoms with Crippen molar-refractivity contribution in [2.75, 3.05) is 11.6 Å². The first-order valence-electron chi connectivity index (χ1n) is 9.45. The minimum Gasteiger partial charge on any atom is -0.348 e. The fourth-order valence-electron chi connectivity index (χ4n) is 2.72.